The van der Waals surface area contributed by atoms with E-state index in [0.717, 1.165) is 0 Å². The molecule has 0 amide bonds. The van der Waals surface area contributed by atoms with E-state index < -0.39 is 31.1 Å². The van der Waals surface area contributed by atoms with Crippen LogP contribution in [0.1, 0.15) is 6.42 Å². The minimum Gasteiger partial charge on any atom is -0.240 e. The normalized spacial score (nSPS) is 16.4. The zero-order valence-electron chi connectivity index (χ0n) is 5.89. The van der Waals surface area contributed by atoms with E-state index >= 15 is 0 Å². The van der Waals surface area contributed by atoms with Gasteiger partial charge in [-0.25, -0.2) is 13.2 Å². The Labute approximate surface area is 67.5 Å². The molecule has 0 saturated heterocycles. The zero-order chi connectivity index (χ0) is 10.9. The molecule has 0 aliphatic heterocycles. The molecular weight excluding hydrogens is 212 g/mol. The number of hydrogen-bond donors (Lipinski definition) is 0. The molecule has 0 N–H and O–H groups in total. The maximum atomic E-state index is 12.0. The average molecular weight is 216 g/mol. The summed E-state index contributed by atoms with van der Waals surface area (Å²) in [6.07, 6.45) is -16.2. The third-order valence-electron chi connectivity index (χ3n) is 1.12. The highest BCUT2D eigenvalue weighted by molar-refractivity contribution is 4.81. The van der Waals surface area contributed by atoms with E-state index in [0.29, 0.717) is 0 Å². The van der Waals surface area contributed by atoms with Crippen LogP contribution in [0, 0.1) is 0 Å². The molecule has 1 unspecified atom stereocenters. The molecule has 0 heterocycles. The van der Waals surface area contributed by atoms with Crippen molar-refractivity contribution in [2.45, 2.75) is 31.1 Å². The molecule has 0 nitrogen and oxygen atoms in total. The molecule has 0 rings (SSSR count). The Hall–Kier alpha value is -0.560. The van der Waals surface area contributed by atoms with Crippen LogP contribution in [0.15, 0.2) is 0 Å². The Morgan fingerprint density at radius 3 is 1.46 bits per heavy atom. The largest absolute Gasteiger partial charge is 0.392 e. The van der Waals surface area contributed by atoms with Gasteiger partial charge in [-0.3, -0.25) is 0 Å². The highest BCUT2D eigenvalue weighted by Gasteiger charge is 2.53. The minimum atomic E-state index is -5.25. The second-order valence-electron chi connectivity index (χ2n) is 2.26. The molecule has 80 valence electrons. The molecule has 0 aromatic rings. The highest BCUT2D eigenvalue weighted by atomic mass is 19.4. The van der Waals surface area contributed by atoms with E-state index in [-0.39, 0.29) is 0 Å². The van der Waals surface area contributed by atoms with Crippen LogP contribution in [0.4, 0.5) is 35.1 Å². The molecule has 8 heteroatoms. The summed E-state index contributed by atoms with van der Waals surface area (Å²) in [4.78, 5) is 0. The lowest BCUT2D eigenvalue weighted by molar-refractivity contribution is -0.211. The first kappa shape index (κ1) is 12.4. The fourth-order valence-electron chi connectivity index (χ4n) is 0.476. The van der Waals surface area contributed by atoms with Crippen molar-refractivity contribution in [2.24, 2.45) is 0 Å². The molecule has 0 aliphatic rings. The number of rotatable bonds is 3. The minimum absolute atomic E-state index is 2.58. The first-order valence-corrected chi connectivity index (χ1v) is 2.94. The van der Waals surface area contributed by atoms with Gasteiger partial charge in [0.2, 0.25) is 0 Å². The summed E-state index contributed by atoms with van der Waals surface area (Å²) in [6.45, 7) is 0. The smallest absolute Gasteiger partial charge is 0.240 e. The van der Waals surface area contributed by atoms with Crippen LogP contribution in [-0.2, 0) is 0 Å². The van der Waals surface area contributed by atoms with Crippen LogP contribution in [0.2, 0.25) is 0 Å². The second-order valence-corrected chi connectivity index (χ2v) is 2.26. The van der Waals surface area contributed by atoms with Crippen LogP contribution < -0.4 is 0 Å². The van der Waals surface area contributed by atoms with Crippen LogP contribution >= 0.6 is 0 Å². The van der Waals surface area contributed by atoms with Gasteiger partial charge in [-0.1, -0.05) is 0 Å². The molecular formula is C5H4F8. The standard InChI is InChI=1S/C5H4F8/c6-2(1-4(9,10)11)5(12,13)3(7)8/h2-3H,1H2. The topological polar surface area (TPSA) is 0 Å². The van der Waals surface area contributed by atoms with Crippen molar-refractivity contribution < 1.29 is 35.1 Å². The summed E-state index contributed by atoms with van der Waals surface area (Å²) < 4.78 is 92.1. The summed E-state index contributed by atoms with van der Waals surface area (Å²) in [7, 11) is 0. The zero-order valence-corrected chi connectivity index (χ0v) is 5.89. The molecule has 0 aliphatic carbocycles. The number of alkyl halides is 8. The summed E-state index contributed by atoms with van der Waals surface area (Å²) in [6, 6.07) is 0. The van der Waals surface area contributed by atoms with E-state index in [2.05, 4.69) is 0 Å². The molecule has 0 aromatic carbocycles. The van der Waals surface area contributed by atoms with Gasteiger partial charge >= 0.3 is 18.5 Å². The summed E-state index contributed by atoms with van der Waals surface area (Å²) in [5, 5.41) is 0. The molecule has 0 fully saturated rings. The molecule has 0 aromatic heterocycles. The Balaban J connectivity index is 4.34. The first-order chi connectivity index (χ1) is 5.57. The molecule has 13 heavy (non-hydrogen) atoms. The Morgan fingerprint density at radius 1 is 0.846 bits per heavy atom. The Morgan fingerprint density at radius 2 is 1.23 bits per heavy atom. The summed E-state index contributed by atoms with van der Waals surface area (Å²) in [5.41, 5.74) is 0. The maximum absolute atomic E-state index is 12.0. The van der Waals surface area contributed by atoms with Crippen molar-refractivity contribution in [3.8, 4) is 0 Å². The fraction of sp³-hybridized carbons (Fsp3) is 1.00. The van der Waals surface area contributed by atoms with E-state index in [4.69, 9.17) is 0 Å². The SMILES string of the molecule is FC(F)C(F)(F)C(F)CC(F)(F)F. The van der Waals surface area contributed by atoms with Gasteiger partial charge in [0, 0.05) is 0 Å². The summed E-state index contributed by atoms with van der Waals surface area (Å²) in [5.74, 6) is -5.25. The molecule has 0 saturated carbocycles. The van der Waals surface area contributed by atoms with E-state index in [9.17, 15) is 35.1 Å². The highest BCUT2D eigenvalue weighted by Crippen LogP contribution is 2.35. The van der Waals surface area contributed by atoms with Gasteiger partial charge in [-0.05, 0) is 0 Å². The van der Waals surface area contributed by atoms with Crippen LogP contribution in [0.3, 0.4) is 0 Å². The van der Waals surface area contributed by atoms with Crippen molar-refractivity contribution in [2.75, 3.05) is 0 Å². The molecule has 0 spiro atoms. The van der Waals surface area contributed by atoms with Gasteiger partial charge in [0.05, 0.1) is 6.42 Å². The van der Waals surface area contributed by atoms with Crippen molar-refractivity contribution >= 4 is 0 Å². The van der Waals surface area contributed by atoms with Gasteiger partial charge in [0.1, 0.15) is 0 Å². The average Bonchev–Trinajstić information content (AvgIpc) is 1.82. The molecule has 0 radical (unpaired) electrons. The first-order valence-electron chi connectivity index (χ1n) is 2.94. The van der Waals surface area contributed by atoms with Crippen molar-refractivity contribution in [1.82, 2.24) is 0 Å². The van der Waals surface area contributed by atoms with Gasteiger partial charge in [0.15, 0.2) is 6.17 Å². The van der Waals surface area contributed by atoms with Crippen molar-refractivity contribution in [3.63, 3.8) is 0 Å². The molecule has 0 bridgehead atoms. The van der Waals surface area contributed by atoms with Crippen LogP contribution in [-0.4, -0.2) is 24.7 Å². The lowest BCUT2D eigenvalue weighted by Gasteiger charge is -2.20. The van der Waals surface area contributed by atoms with Gasteiger partial charge < -0.3 is 0 Å². The van der Waals surface area contributed by atoms with Crippen LogP contribution in [0.25, 0.3) is 0 Å². The van der Waals surface area contributed by atoms with Gasteiger partial charge in [-0.15, -0.1) is 0 Å². The third kappa shape index (κ3) is 3.77. The van der Waals surface area contributed by atoms with Gasteiger partial charge in [-0.2, -0.15) is 22.0 Å². The number of hydrogen-bond acceptors (Lipinski definition) is 0. The predicted octanol–water partition coefficient (Wildman–Crippen LogP) is 3.18. The van der Waals surface area contributed by atoms with E-state index in [1.807, 2.05) is 0 Å². The quantitative estimate of drug-likeness (QED) is 0.635. The van der Waals surface area contributed by atoms with Crippen LogP contribution in [0.5, 0.6) is 0 Å². The number of halogens is 8. The molecule has 1 atom stereocenters. The Bertz CT molecular complexity index is 158. The third-order valence-corrected chi connectivity index (χ3v) is 1.12. The summed E-state index contributed by atoms with van der Waals surface area (Å²) >= 11 is 0. The van der Waals surface area contributed by atoms with E-state index in [1.165, 1.54) is 0 Å². The lowest BCUT2D eigenvalue weighted by Crippen LogP contribution is -2.40. The maximum Gasteiger partial charge on any atom is 0.392 e. The lowest BCUT2D eigenvalue weighted by atomic mass is 10.1. The van der Waals surface area contributed by atoms with Crippen molar-refractivity contribution in [3.05, 3.63) is 0 Å². The second kappa shape index (κ2) is 3.67. The predicted molar refractivity (Wildman–Crippen MR) is 26.5 cm³/mol. The van der Waals surface area contributed by atoms with Gasteiger partial charge in [0.25, 0.3) is 0 Å². The Kier molecular flexibility index (Phi) is 3.51. The fourth-order valence-corrected chi connectivity index (χ4v) is 0.476. The van der Waals surface area contributed by atoms with Crippen molar-refractivity contribution in [1.29, 1.82) is 0 Å². The van der Waals surface area contributed by atoms with E-state index in [1.54, 1.807) is 0 Å². The monoisotopic (exact) mass is 216 g/mol.